The van der Waals surface area contributed by atoms with Gasteiger partial charge in [0, 0.05) is 23.6 Å². The highest BCUT2D eigenvalue weighted by atomic mass is 35.5. The third-order valence-corrected chi connectivity index (χ3v) is 7.77. The lowest BCUT2D eigenvalue weighted by Gasteiger charge is -2.36. The van der Waals surface area contributed by atoms with E-state index in [1.54, 1.807) is 44.2 Å². The Morgan fingerprint density at radius 3 is 2.53 bits per heavy atom. The van der Waals surface area contributed by atoms with Gasteiger partial charge in [0.05, 0.1) is 29.7 Å². The molecule has 2 aliphatic rings. The van der Waals surface area contributed by atoms with Gasteiger partial charge in [-0.1, -0.05) is 29.8 Å². The number of benzene rings is 2. The zero-order valence-electron chi connectivity index (χ0n) is 21.2. The maximum atomic E-state index is 14.8. The Morgan fingerprint density at radius 1 is 1.21 bits per heavy atom. The summed E-state index contributed by atoms with van der Waals surface area (Å²) in [5.74, 6) is -3.40. The molecule has 0 spiro atoms. The predicted molar refractivity (Wildman–Crippen MR) is 138 cm³/mol. The molecule has 0 aromatic heterocycles. The fraction of sp³-hybridized carbons (Fsp3) is 0.393. The van der Waals surface area contributed by atoms with Gasteiger partial charge >= 0.3 is 0 Å². The number of carbonyl (C=O) groups is 3. The lowest BCUT2D eigenvalue weighted by atomic mass is 9.83. The normalized spacial score (nSPS) is 20.5. The van der Waals surface area contributed by atoms with Gasteiger partial charge in [-0.2, -0.15) is 0 Å². The quantitative estimate of drug-likeness (QED) is 0.388. The average molecular weight is 546 g/mol. The van der Waals surface area contributed by atoms with Crippen molar-refractivity contribution in [2.45, 2.75) is 37.8 Å². The van der Waals surface area contributed by atoms with Crippen LogP contribution in [0.3, 0.4) is 0 Å². The molecule has 0 bridgehead atoms. The molecule has 3 N–H and O–H groups in total. The van der Waals surface area contributed by atoms with E-state index in [1.165, 1.54) is 4.90 Å². The number of primary amides is 1. The van der Waals surface area contributed by atoms with Crippen molar-refractivity contribution in [3.8, 4) is 0 Å². The number of rotatable bonds is 8. The van der Waals surface area contributed by atoms with E-state index in [2.05, 4.69) is 11.9 Å². The minimum absolute atomic E-state index is 0.0360. The summed E-state index contributed by atoms with van der Waals surface area (Å²) >= 11 is 5.72. The van der Waals surface area contributed by atoms with Gasteiger partial charge in [-0.3, -0.25) is 14.4 Å². The first-order valence-corrected chi connectivity index (χ1v) is 12.7. The molecule has 2 aliphatic heterocycles. The average Bonchev–Trinajstić information content (AvgIpc) is 3.29. The van der Waals surface area contributed by atoms with Crippen molar-refractivity contribution < 1.29 is 27.9 Å². The summed E-state index contributed by atoms with van der Waals surface area (Å²) in [6.07, 6.45) is 2.00. The van der Waals surface area contributed by atoms with E-state index in [0.29, 0.717) is 17.5 Å². The van der Waals surface area contributed by atoms with Crippen LogP contribution in [-0.4, -0.2) is 48.4 Å². The number of amides is 3. The Balaban J connectivity index is 1.62. The van der Waals surface area contributed by atoms with Gasteiger partial charge in [0.25, 0.3) is 5.91 Å². The lowest BCUT2D eigenvalue weighted by Crippen LogP contribution is -2.50. The second-order valence-electron chi connectivity index (χ2n) is 10.3. The van der Waals surface area contributed by atoms with E-state index in [-0.39, 0.29) is 42.2 Å². The molecule has 3 amide bonds. The lowest BCUT2D eigenvalue weighted by molar-refractivity contribution is -0.128. The van der Waals surface area contributed by atoms with Crippen molar-refractivity contribution in [1.82, 2.24) is 10.2 Å². The number of likely N-dealkylation sites (tertiary alicyclic amines) is 1. The zero-order valence-corrected chi connectivity index (χ0v) is 21.9. The third-order valence-electron chi connectivity index (χ3n) is 7.49. The third kappa shape index (κ3) is 5.31. The topological polar surface area (TPSA) is 102 Å². The van der Waals surface area contributed by atoms with Crippen LogP contribution < -0.4 is 11.1 Å². The maximum absolute atomic E-state index is 14.8. The van der Waals surface area contributed by atoms with Gasteiger partial charge in [-0.25, -0.2) is 8.78 Å². The standard InChI is InChI=1S/C28H30ClF2N3O4/c1-4-15-8-23(34(12-15)26(36)16-6-5-7-18(9-16)28(2,3)27(32)37)25(35)33-24(17-13-38-14-17)19-10-22(31)20(29)11-21(19)30/h4-7,9-11,15,17,23-24H,1,8,12-14H2,2-3H3,(H2,32,37)(H,33,35)/t15-,23-,24-/m1/s1. The first kappa shape index (κ1) is 27.7. The van der Waals surface area contributed by atoms with E-state index in [1.807, 2.05) is 0 Å². The SMILES string of the molecule is C=C[C@@H]1C[C@H](C(=O)N[C@@H](c2cc(F)c(Cl)cc2F)C2COC2)N(C(=O)c2cccc(C(C)(C)C(N)=O)c2)C1. The fourth-order valence-electron chi connectivity index (χ4n) is 4.78. The highest BCUT2D eigenvalue weighted by molar-refractivity contribution is 6.30. The minimum Gasteiger partial charge on any atom is -0.381 e. The van der Waals surface area contributed by atoms with E-state index in [4.69, 9.17) is 22.1 Å². The first-order valence-electron chi connectivity index (χ1n) is 12.3. The van der Waals surface area contributed by atoms with Gasteiger partial charge in [-0.15, -0.1) is 6.58 Å². The molecule has 2 aromatic carbocycles. The molecule has 0 unspecified atom stereocenters. The molecule has 7 nitrogen and oxygen atoms in total. The number of nitrogens with zero attached hydrogens (tertiary/aromatic N) is 1. The van der Waals surface area contributed by atoms with E-state index in [0.717, 1.165) is 12.1 Å². The molecule has 2 saturated heterocycles. The molecule has 38 heavy (non-hydrogen) atoms. The van der Waals surface area contributed by atoms with Gasteiger partial charge in [0.2, 0.25) is 11.8 Å². The van der Waals surface area contributed by atoms with Crippen LogP contribution in [0.5, 0.6) is 0 Å². The maximum Gasteiger partial charge on any atom is 0.254 e. The Hall–Kier alpha value is -3.30. The summed E-state index contributed by atoms with van der Waals surface area (Å²) in [6, 6.07) is 6.70. The minimum atomic E-state index is -1.00. The van der Waals surface area contributed by atoms with E-state index >= 15 is 0 Å². The first-order chi connectivity index (χ1) is 17.9. The second kappa shape index (κ2) is 10.8. The number of nitrogens with one attached hydrogen (secondary N) is 1. The van der Waals surface area contributed by atoms with Gasteiger partial charge in [-0.05, 0) is 56.0 Å². The highest BCUT2D eigenvalue weighted by Gasteiger charge is 2.42. The Bertz CT molecular complexity index is 1280. The summed E-state index contributed by atoms with van der Waals surface area (Å²) in [4.78, 5) is 40.6. The molecular weight excluding hydrogens is 516 g/mol. The zero-order chi connectivity index (χ0) is 27.8. The number of carbonyl (C=O) groups excluding carboxylic acids is 3. The Labute approximate surface area is 225 Å². The number of hydrogen-bond donors (Lipinski definition) is 2. The second-order valence-corrected chi connectivity index (χ2v) is 10.8. The molecular formula is C28H30ClF2N3O4. The van der Waals surface area contributed by atoms with Gasteiger partial charge in [0.1, 0.15) is 17.7 Å². The van der Waals surface area contributed by atoms with Crippen LogP contribution in [0.2, 0.25) is 5.02 Å². The number of halogens is 3. The van der Waals surface area contributed by atoms with Crippen molar-refractivity contribution in [3.63, 3.8) is 0 Å². The molecule has 0 radical (unpaired) electrons. The molecule has 4 rings (SSSR count). The molecule has 10 heteroatoms. The van der Waals surface area contributed by atoms with Crippen LogP contribution in [0.4, 0.5) is 8.78 Å². The molecule has 202 valence electrons. The van der Waals surface area contributed by atoms with Crippen LogP contribution in [0, 0.1) is 23.5 Å². The molecule has 0 aliphatic carbocycles. The Morgan fingerprint density at radius 2 is 1.92 bits per heavy atom. The van der Waals surface area contributed by atoms with Crippen molar-refractivity contribution >= 4 is 29.3 Å². The van der Waals surface area contributed by atoms with Crippen molar-refractivity contribution in [1.29, 1.82) is 0 Å². The van der Waals surface area contributed by atoms with Crippen LogP contribution in [0.15, 0.2) is 49.1 Å². The number of hydrogen-bond acceptors (Lipinski definition) is 4. The van der Waals surface area contributed by atoms with Gasteiger partial charge < -0.3 is 20.7 Å². The van der Waals surface area contributed by atoms with Crippen molar-refractivity contribution in [3.05, 3.63) is 82.4 Å². The Kier molecular flexibility index (Phi) is 7.90. The molecule has 2 heterocycles. The highest BCUT2D eigenvalue weighted by Crippen LogP contribution is 2.34. The summed E-state index contributed by atoms with van der Waals surface area (Å²) in [5.41, 5.74) is 5.38. The van der Waals surface area contributed by atoms with Crippen LogP contribution in [0.25, 0.3) is 0 Å². The smallest absolute Gasteiger partial charge is 0.254 e. The molecule has 3 atom stereocenters. The summed E-state index contributed by atoms with van der Waals surface area (Å²) in [7, 11) is 0. The van der Waals surface area contributed by atoms with Crippen LogP contribution in [-0.2, 0) is 19.7 Å². The monoisotopic (exact) mass is 545 g/mol. The van der Waals surface area contributed by atoms with Crippen LogP contribution >= 0.6 is 11.6 Å². The number of nitrogens with two attached hydrogens (primary N) is 1. The molecule has 2 fully saturated rings. The predicted octanol–water partition coefficient (Wildman–Crippen LogP) is 3.90. The molecule has 0 saturated carbocycles. The van der Waals surface area contributed by atoms with E-state index in [9.17, 15) is 23.2 Å². The molecule has 2 aromatic rings. The van der Waals surface area contributed by atoms with Crippen LogP contribution in [0.1, 0.15) is 47.8 Å². The number of ether oxygens (including phenoxy) is 1. The van der Waals surface area contributed by atoms with Crippen molar-refractivity contribution in [2.24, 2.45) is 17.6 Å². The summed E-state index contributed by atoms with van der Waals surface area (Å²) in [5, 5.41) is 2.48. The van der Waals surface area contributed by atoms with E-state index < -0.39 is 46.9 Å². The fourth-order valence-corrected chi connectivity index (χ4v) is 4.93. The largest absolute Gasteiger partial charge is 0.381 e. The summed E-state index contributed by atoms with van der Waals surface area (Å²) < 4.78 is 34.3. The van der Waals surface area contributed by atoms with Gasteiger partial charge in [0.15, 0.2) is 0 Å². The van der Waals surface area contributed by atoms with Crippen molar-refractivity contribution in [2.75, 3.05) is 19.8 Å². The summed E-state index contributed by atoms with van der Waals surface area (Å²) in [6.45, 7) is 7.94.